The summed E-state index contributed by atoms with van der Waals surface area (Å²) in [6, 6.07) is 5.09. The lowest BCUT2D eigenvalue weighted by Crippen LogP contribution is -2.31. The maximum Gasteiger partial charge on any atom is 0.127 e. The van der Waals surface area contributed by atoms with Crippen molar-refractivity contribution in [1.29, 1.82) is 0 Å². The first kappa shape index (κ1) is 12.4. The van der Waals surface area contributed by atoms with Crippen molar-refractivity contribution in [2.75, 3.05) is 13.1 Å². The maximum absolute atomic E-state index is 12.2. The van der Waals surface area contributed by atoms with Gasteiger partial charge in [0.2, 0.25) is 0 Å². The predicted molar refractivity (Wildman–Crippen MR) is 68.3 cm³/mol. The highest BCUT2D eigenvalue weighted by Crippen LogP contribution is 2.24. The molecule has 0 N–H and O–H groups in total. The van der Waals surface area contributed by atoms with E-state index in [1.165, 1.54) is 6.42 Å². The molecular formula is C11H13Cl2NOS. The monoisotopic (exact) mass is 277 g/mol. The summed E-state index contributed by atoms with van der Waals surface area (Å²) in [6.07, 6.45) is 3.45. The molecule has 1 aromatic rings. The van der Waals surface area contributed by atoms with E-state index in [0.717, 1.165) is 25.9 Å². The first-order valence-corrected chi connectivity index (χ1v) is 7.16. The van der Waals surface area contributed by atoms with Crippen molar-refractivity contribution in [3.63, 3.8) is 0 Å². The van der Waals surface area contributed by atoms with E-state index in [0.29, 0.717) is 14.9 Å². The molecule has 1 aliphatic heterocycles. The molecule has 2 rings (SSSR count). The molecule has 5 heteroatoms. The van der Waals surface area contributed by atoms with Gasteiger partial charge in [-0.1, -0.05) is 29.6 Å². The standard InChI is InChI=1S/C11H13Cl2NOS/c12-9-6-10(13)8-11(7-9)16(15)14-4-2-1-3-5-14/h6-8H,1-5H2. The SMILES string of the molecule is O=S(c1cc(Cl)cc(Cl)c1)N1CCCCC1. The van der Waals surface area contributed by atoms with E-state index in [2.05, 4.69) is 0 Å². The zero-order chi connectivity index (χ0) is 11.5. The fraction of sp³-hybridized carbons (Fsp3) is 0.455. The van der Waals surface area contributed by atoms with Gasteiger partial charge in [-0.25, -0.2) is 8.51 Å². The zero-order valence-electron chi connectivity index (χ0n) is 8.79. The number of piperidine rings is 1. The number of benzene rings is 1. The Morgan fingerprint density at radius 1 is 1.00 bits per heavy atom. The predicted octanol–water partition coefficient (Wildman–Crippen LogP) is 3.50. The van der Waals surface area contributed by atoms with Gasteiger partial charge in [0, 0.05) is 23.1 Å². The third-order valence-corrected chi connectivity index (χ3v) is 4.50. The topological polar surface area (TPSA) is 20.3 Å². The van der Waals surface area contributed by atoms with E-state index in [4.69, 9.17) is 23.2 Å². The normalized spacial score (nSPS) is 19.6. The minimum atomic E-state index is -1.13. The Labute approximate surface area is 108 Å². The smallest absolute Gasteiger partial charge is 0.127 e. The van der Waals surface area contributed by atoms with E-state index in [1.54, 1.807) is 18.2 Å². The van der Waals surface area contributed by atoms with E-state index in [9.17, 15) is 4.21 Å². The Bertz CT molecular complexity index is 385. The molecule has 0 amide bonds. The maximum atomic E-state index is 12.2. The van der Waals surface area contributed by atoms with Crippen LogP contribution in [-0.2, 0) is 11.0 Å². The molecule has 0 aliphatic carbocycles. The summed E-state index contributed by atoms with van der Waals surface area (Å²) in [4.78, 5) is 0.694. The average Bonchev–Trinajstić information content (AvgIpc) is 2.28. The molecule has 1 saturated heterocycles. The molecule has 1 aliphatic rings. The van der Waals surface area contributed by atoms with Gasteiger partial charge in [0.25, 0.3) is 0 Å². The molecule has 2 nitrogen and oxygen atoms in total. The zero-order valence-corrected chi connectivity index (χ0v) is 11.1. The van der Waals surface area contributed by atoms with Gasteiger partial charge in [0.15, 0.2) is 0 Å². The molecular weight excluding hydrogens is 265 g/mol. The van der Waals surface area contributed by atoms with Crippen LogP contribution in [0.2, 0.25) is 10.0 Å². The van der Waals surface area contributed by atoms with Gasteiger partial charge in [0.1, 0.15) is 11.0 Å². The molecule has 0 aromatic heterocycles. The van der Waals surface area contributed by atoms with Gasteiger partial charge in [-0.2, -0.15) is 0 Å². The first-order chi connectivity index (χ1) is 7.66. The lowest BCUT2D eigenvalue weighted by Gasteiger charge is -2.25. The number of nitrogens with zero attached hydrogens (tertiary/aromatic N) is 1. The highest BCUT2D eigenvalue weighted by Gasteiger charge is 2.18. The fourth-order valence-electron chi connectivity index (χ4n) is 1.81. The molecule has 0 saturated carbocycles. The van der Waals surface area contributed by atoms with Gasteiger partial charge >= 0.3 is 0 Å². The molecule has 1 unspecified atom stereocenters. The molecule has 1 heterocycles. The second kappa shape index (κ2) is 5.50. The van der Waals surface area contributed by atoms with Crippen LogP contribution in [-0.4, -0.2) is 21.6 Å². The van der Waals surface area contributed by atoms with Crippen LogP contribution in [0.5, 0.6) is 0 Å². The number of rotatable bonds is 2. The van der Waals surface area contributed by atoms with Crippen LogP contribution in [0.3, 0.4) is 0 Å². The van der Waals surface area contributed by atoms with Gasteiger partial charge in [-0.15, -0.1) is 0 Å². The van der Waals surface area contributed by atoms with Crippen LogP contribution < -0.4 is 0 Å². The molecule has 0 bridgehead atoms. The molecule has 1 fully saturated rings. The first-order valence-electron chi connectivity index (χ1n) is 5.30. The lowest BCUT2D eigenvalue weighted by atomic mass is 10.2. The van der Waals surface area contributed by atoms with E-state index < -0.39 is 11.0 Å². The molecule has 1 aromatic carbocycles. The third kappa shape index (κ3) is 2.98. The van der Waals surface area contributed by atoms with Gasteiger partial charge in [-0.3, -0.25) is 0 Å². The Morgan fingerprint density at radius 3 is 2.12 bits per heavy atom. The van der Waals surface area contributed by atoms with E-state index in [1.807, 2.05) is 4.31 Å². The summed E-state index contributed by atoms with van der Waals surface area (Å²) in [7, 11) is -1.13. The van der Waals surface area contributed by atoms with Crippen molar-refractivity contribution in [3.8, 4) is 0 Å². The quantitative estimate of drug-likeness (QED) is 0.810. The van der Waals surface area contributed by atoms with Crippen LogP contribution in [0.15, 0.2) is 23.1 Å². The average molecular weight is 278 g/mol. The van der Waals surface area contributed by atoms with Crippen LogP contribution in [0.4, 0.5) is 0 Å². The van der Waals surface area contributed by atoms with Crippen LogP contribution in [0.25, 0.3) is 0 Å². The summed E-state index contributed by atoms with van der Waals surface area (Å²) in [5.74, 6) is 0. The van der Waals surface area contributed by atoms with Gasteiger partial charge in [0.05, 0.1) is 4.90 Å². The molecule has 0 spiro atoms. The summed E-state index contributed by atoms with van der Waals surface area (Å²) < 4.78 is 14.2. The Morgan fingerprint density at radius 2 is 1.56 bits per heavy atom. The Kier molecular flexibility index (Phi) is 4.25. The Balaban J connectivity index is 2.19. The van der Waals surface area contributed by atoms with Crippen molar-refractivity contribution in [2.45, 2.75) is 24.2 Å². The molecule has 0 radical (unpaired) electrons. The largest absolute Gasteiger partial charge is 0.237 e. The minimum absolute atomic E-state index is 0.535. The van der Waals surface area contributed by atoms with Crippen LogP contribution in [0, 0.1) is 0 Å². The highest BCUT2D eigenvalue weighted by molar-refractivity contribution is 7.82. The fourth-order valence-corrected chi connectivity index (χ4v) is 3.81. The number of halogens is 2. The summed E-state index contributed by atoms with van der Waals surface area (Å²) >= 11 is 11.8. The second-order valence-electron chi connectivity index (χ2n) is 3.84. The van der Waals surface area contributed by atoms with Crippen molar-refractivity contribution in [1.82, 2.24) is 4.31 Å². The van der Waals surface area contributed by atoms with Gasteiger partial charge in [-0.05, 0) is 31.0 Å². The molecule has 88 valence electrons. The third-order valence-electron chi connectivity index (χ3n) is 2.59. The minimum Gasteiger partial charge on any atom is -0.237 e. The second-order valence-corrected chi connectivity index (χ2v) is 6.20. The lowest BCUT2D eigenvalue weighted by molar-refractivity contribution is 0.365. The summed E-state index contributed by atoms with van der Waals surface area (Å²) in [5, 5.41) is 1.07. The van der Waals surface area contributed by atoms with Crippen molar-refractivity contribution >= 4 is 34.2 Å². The molecule has 16 heavy (non-hydrogen) atoms. The van der Waals surface area contributed by atoms with E-state index in [-0.39, 0.29) is 0 Å². The number of hydrogen-bond acceptors (Lipinski definition) is 1. The highest BCUT2D eigenvalue weighted by atomic mass is 35.5. The van der Waals surface area contributed by atoms with Crippen LogP contribution in [0.1, 0.15) is 19.3 Å². The van der Waals surface area contributed by atoms with Crippen molar-refractivity contribution in [2.24, 2.45) is 0 Å². The van der Waals surface area contributed by atoms with Crippen molar-refractivity contribution < 1.29 is 4.21 Å². The summed E-state index contributed by atoms with van der Waals surface area (Å²) in [6.45, 7) is 1.77. The van der Waals surface area contributed by atoms with Crippen LogP contribution >= 0.6 is 23.2 Å². The molecule has 1 atom stereocenters. The number of hydrogen-bond donors (Lipinski definition) is 0. The summed E-state index contributed by atoms with van der Waals surface area (Å²) in [5.41, 5.74) is 0. The Hall–Kier alpha value is -0.0900. The van der Waals surface area contributed by atoms with Gasteiger partial charge < -0.3 is 0 Å². The van der Waals surface area contributed by atoms with E-state index >= 15 is 0 Å². The van der Waals surface area contributed by atoms with Crippen molar-refractivity contribution in [3.05, 3.63) is 28.2 Å².